The Kier molecular flexibility index (Phi) is 8.53. The van der Waals surface area contributed by atoms with E-state index in [9.17, 15) is 0 Å². The summed E-state index contributed by atoms with van der Waals surface area (Å²) in [6.07, 6.45) is 3.21. The fourth-order valence-electron chi connectivity index (χ4n) is 0.321. The molecule has 0 aliphatic carbocycles. The number of rotatable bonds is 1. The lowest BCUT2D eigenvalue weighted by Gasteiger charge is -1.69. The monoisotopic (exact) mass is 176 g/mol. The quantitative estimate of drug-likeness (QED) is 0.286. The van der Waals surface area contributed by atoms with Crippen molar-refractivity contribution in [1.82, 2.24) is 0 Å². The molecule has 1 N–H and O–H groups in total. The van der Waals surface area contributed by atoms with Crippen LogP contribution in [-0.4, -0.2) is 23.9 Å². The highest BCUT2D eigenvalue weighted by Gasteiger charge is 1.96. The molecule has 56 valence electrons. The third kappa shape index (κ3) is 7.75. The lowest BCUT2D eigenvalue weighted by atomic mass is 10.6. The fraction of sp³-hybridized carbons (Fsp3) is 0.600. The Morgan fingerprint density at radius 1 is 1.50 bits per heavy atom. The van der Waals surface area contributed by atoms with Gasteiger partial charge in [-0.1, -0.05) is 21.6 Å². The summed E-state index contributed by atoms with van der Waals surface area (Å²) in [5.41, 5.74) is 0. The third-order valence-electron chi connectivity index (χ3n) is 0.656. The maximum Gasteiger partial charge on any atom is 0.241 e. The number of hydrogen-bond donors (Lipinski definition) is 1. The van der Waals surface area contributed by atoms with Gasteiger partial charge in [0.05, 0.1) is 0 Å². The van der Waals surface area contributed by atoms with Crippen molar-refractivity contribution in [3.05, 3.63) is 0 Å². The minimum atomic E-state index is 0.632. The summed E-state index contributed by atoms with van der Waals surface area (Å²) in [5.74, 6) is 2.76. The first-order valence-corrected chi connectivity index (χ1v) is 5.21. The summed E-state index contributed by atoms with van der Waals surface area (Å²) in [6.45, 7) is 0. The van der Waals surface area contributed by atoms with Gasteiger partial charge in [0.15, 0.2) is 0 Å². The summed E-state index contributed by atoms with van der Waals surface area (Å²) in [4.78, 5) is 11.7. The Morgan fingerprint density at radius 3 is 2.20 bits per heavy atom. The molecule has 1 aliphatic heterocycles. The lowest BCUT2D eigenvalue weighted by molar-refractivity contribution is 0.566. The van der Waals surface area contributed by atoms with E-state index in [2.05, 4.69) is 4.99 Å². The summed E-state index contributed by atoms with van der Waals surface area (Å²) in [7, 11) is 3.98. The first-order valence-electron chi connectivity index (χ1n) is 2.72. The largest absolute Gasteiger partial charge is 0.289 e. The Balaban J connectivity index is 0.000000162. The van der Waals surface area contributed by atoms with Gasteiger partial charge in [-0.2, -0.15) is 4.99 Å². The van der Waals surface area contributed by atoms with Crippen molar-refractivity contribution in [2.45, 2.75) is 6.42 Å². The van der Waals surface area contributed by atoms with E-state index < -0.39 is 0 Å². The molecule has 0 bridgehead atoms. The van der Waals surface area contributed by atoms with E-state index in [0.717, 1.165) is 6.08 Å². The van der Waals surface area contributed by atoms with Crippen LogP contribution in [0.2, 0.25) is 0 Å². The zero-order chi connectivity index (χ0) is 7.66. The zero-order valence-electron chi connectivity index (χ0n) is 5.37. The first-order chi connectivity index (χ1) is 4.91. The van der Waals surface area contributed by atoms with Crippen molar-refractivity contribution in [3.8, 4) is 0 Å². The van der Waals surface area contributed by atoms with Gasteiger partial charge in [0.25, 0.3) is 0 Å². The molecule has 3 nitrogen and oxygen atoms in total. The van der Waals surface area contributed by atoms with Crippen molar-refractivity contribution in [2.24, 2.45) is 4.99 Å². The van der Waals surface area contributed by atoms with E-state index in [1.54, 1.807) is 0 Å². The third-order valence-corrected chi connectivity index (χ3v) is 3.23. The number of hydrogen-bond acceptors (Lipinski definition) is 4. The fourth-order valence-corrected chi connectivity index (χ4v) is 2.68. The minimum absolute atomic E-state index is 0.632. The van der Waals surface area contributed by atoms with Crippen LogP contribution in [0.1, 0.15) is 6.42 Å². The molecule has 1 saturated heterocycles. The van der Waals surface area contributed by atoms with Crippen LogP contribution in [0.25, 0.3) is 0 Å². The summed E-state index contributed by atoms with van der Waals surface area (Å²) < 4.78 is 0. The van der Waals surface area contributed by atoms with E-state index in [-0.39, 0.29) is 0 Å². The zero-order valence-corrected chi connectivity index (χ0v) is 7.00. The molecular weight excluding hydrogens is 168 g/mol. The molecule has 5 heteroatoms. The van der Waals surface area contributed by atoms with Crippen LogP contribution in [-0.2, 0) is 4.79 Å². The molecule has 0 aromatic rings. The van der Waals surface area contributed by atoms with Gasteiger partial charge in [0, 0.05) is 11.5 Å². The molecule has 0 unspecified atom stereocenters. The molecule has 0 atom stereocenters. The van der Waals surface area contributed by atoms with Crippen LogP contribution in [0.4, 0.5) is 0 Å². The molecule has 1 aliphatic rings. The molecular formula is C5H8N2OS2. The maximum absolute atomic E-state index is 8.96. The highest BCUT2D eigenvalue weighted by Crippen LogP contribution is 2.29. The molecule has 0 spiro atoms. The predicted octanol–water partition coefficient (Wildman–Crippen LogP) is 1.70. The van der Waals surface area contributed by atoms with E-state index in [0.29, 0.717) is 6.34 Å². The van der Waals surface area contributed by atoms with Crippen LogP contribution in [0.15, 0.2) is 4.99 Å². The van der Waals surface area contributed by atoms with Gasteiger partial charge in [-0.15, -0.1) is 0 Å². The van der Waals surface area contributed by atoms with Crippen LogP contribution < -0.4 is 0 Å². The number of carbonyl (C=O) groups excluding carboxylic acids is 1. The van der Waals surface area contributed by atoms with Gasteiger partial charge in [-0.05, 0) is 6.42 Å². The average molecular weight is 176 g/mol. The number of nitrogens with one attached hydrogen (secondary N) is 1. The minimum Gasteiger partial charge on any atom is -0.289 e. The molecule has 1 fully saturated rings. The van der Waals surface area contributed by atoms with Crippen molar-refractivity contribution in [1.29, 1.82) is 5.41 Å². The highest BCUT2D eigenvalue weighted by atomic mass is 33.1. The van der Waals surface area contributed by atoms with E-state index >= 15 is 0 Å². The maximum atomic E-state index is 8.96. The van der Waals surface area contributed by atoms with Gasteiger partial charge < -0.3 is 0 Å². The standard InChI is InChI=1S/C3H6S2.C2H2N2O/c1-2-4-5-3-1;3-1-4-2-5/h1-3H2;1,3H. The SMILES string of the molecule is C1CSSC1.N=CN=C=O. The van der Waals surface area contributed by atoms with Gasteiger partial charge in [0.2, 0.25) is 6.08 Å². The second-order valence-corrected chi connectivity index (χ2v) is 4.05. The van der Waals surface area contributed by atoms with E-state index in [4.69, 9.17) is 10.2 Å². The lowest BCUT2D eigenvalue weighted by Crippen LogP contribution is -1.63. The van der Waals surface area contributed by atoms with Crippen LogP contribution in [0, 0.1) is 5.41 Å². The molecule has 1 heterocycles. The Labute approximate surface area is 67.6 Å². The Hall–Kier alpha value is -0.250. The van der Waals surface area contributed by atoms with Crippen LogP contribution in [0.3, 0.4) is 0 Å². The van der Waals surface area contributed by atoms with Crippen molar-refractivity contribution in [3.63, 3.8) is 0 Å². The molecule has 0 saturated carbocycles. The second kappa shape index (κ2) is 8.75. The van der Waals surface area contributed by atoms with Gasteiger partial charge in [-0.3, -0.25) is 5.41 Å². The van der Waals surface area contributed by atoms with E-state index in [1.807, 2.05) is 21.6 Å². The summed E-state index contributed by atoms with van der Waals surface area (Å²) in [5, 5.41) is 6.05. The topological polar surface area (TPSA) is 53.3 Å². The van der Waals surface area contributed by atoms with Crippen molar-refractivity contribution < 1.29 is 4.79 Å². The number of nitrogens with zero attached hydrogens (tertiary/aromatic N) is 1. The van der Waals surface area contributed by atoms with E-state index in [1.165, 1.54) is 17.9 Å². The normalized spacial score (nSPS) is 14.4. The van der Waals surface area contributed by atoms with Crippen LogP contribution >= 0.6 is 21.6 Å². The van der Waals surface area contributed by atoms with Crippen LogP contribution in [0.5, 0.6) is 0 Å². The molecule has 0 radical (unpaired) electrons. The Bertz CT molecular complexity index is 122. The molecule has 1 rings (SSSR count). The summed E-state index contributed by atoms with van der Waals surface area (Å²) in [6, 6.07) is 0. The second-order valence-electron chi connectivity index (χ2n) is 1.35. The number of isocyanates is 1. The van der Waals surface area contributed by atoms with Crippen molar-refractivity contribution >= 4 is 34.0 Å². The smallest absolute Gasteiger partial charge is 0.241 e. The number of aliphatic imine (C=N–C) groups is 1. The van der Waals surface area contributed by atoms with Gasteiger partial charge in [0.1, 0.15) is 6.34 Å². The van der Waals surface area contributed by atoms with Gasteiger partial charge in [-0.25, -0.2) is 4.79 Å². The molecule has 0 aromatic carbocycles. The average Bonchev–Trinajstić information content (AvgIpc) is 2.44. The molecule has 10 heavy (non-hydrogen) atoms. The first kappa shape index (κ1) is 9.75. The van der Waals surface area contributed by atoms with Crippen molar-refractivity contribution in [2.75, 3.05) is 11.5 Å². The highest BCUT2D eigenvalue weighted by molar-refractivity contribution is 8.77. The van der Waals surface area contributed by atoms with Gasteiger partial charge >= 0.3 is 0 Å². The molecule has 0 aromatic heterocycles. The Morgan fingerprint density at radius 2 is 2.10 bits per heavy atom. The predicted molar refractivity (Wildman–Crippen MR) is 46.4 cm³/mol. The molecule has 0 amide bonds. The summed E-state index contributed by atoms with van der Waals surface area (Å²) >= 11 is 0.